The molecule has 0 aliphatic heterocycles. The molecule has 0 fully saturated rings. The van der Waals surface area contributed by atoms with E-state index in [0.29, 0.717) is 0 Å². The summed E-state index contributed by atoms with van der Waals surface area (Å²) in [6.07, 6.45) is 6.22. The monoisotopic (exact) mass is 204 g/mol. The molecule has 10 heavy (non-hydrogen) atoms. The third-order valence-corrected chi connectivity index (χ3v) is 1.55. The Labute approximate surface area is 73.2 Å². The second-order valence-electron chi connectivity index (χ2n) is 1.50. The van der Waals surface area contributed by atoms with E-state index in [4.69, 9.17) is 0 Å². The van der Waals surface area contributed by atoms with Crippen molar-refractivity contribution < 1.29 is 0 Å². The Morgan fingerprint density at radius 1 is 1.30 bits per heavy atom. The molecule has 0 aromatic carbocycles. The summed E-state index contributed by atoms with van der Waals surface area (Å²) < 4.78 is 0. The average Bonchev–Trinajstić information content (AvgIpc) is 2.04. The first-order valence-electron chi connectivity index (χ1n) is 3.69. The molecule has 0 amide bonds. The van der Waals surface area contributed by atoms with Gasteiger partial charge in [0.05, 0.1) is 0 Å². The van der Waals surface area contributed by atoms with Crippen LogP contribution >= 0.6 is 15.9 Å². The molecule has 0 N–H and O–H groups in total. The normalized spacial score (nSPS) is 11.1. The maximum Gasteiger partial charge on any atom is 0.0279 e. The van der Waals surface area contributed by atoms with Crippen molar-refractivity contribution in [3.8, 4) is 0 Å². The molecule has 0 aliphatic rings. The molecular weight excluding hydrogens is 188 g/mol. The zero-order valence-electron chi connectivity index (χ0n) is 7.32. The van der Waals surface area contributed by atoms with Crippen molar-refractivity contribution in [1.29, 1.82) is 0 Å². The zero-order valence-corrected chi connectivity index (χ0v) is 8.90. The van der Waals surface area contributed by atoms with Gasteiger partial charge in [0.1, 0.15) is 0 Å². The summed E-state index contributed by atoms with van der Waals surface area (Å²) in [5.74, 6) is 0. The summed E-state index contributed by atoms with van der Waals surface area (Å²) in [5.41, 5.74) is 1.33. The van der Waals surface area contributed by atoms with Crippen molar-refractivity contribution in [2.45, 2.75) is 27.7 Å². The van der Waals surface area contributed by atoms with E-state index in [1.807, 2.05) is 33.8 Å². The maximum absolute atomic E-state index is 3.36. The fourth-order valence-electron chi connectivity index (χ4n) is 0.432. The van der Waals surface area contributed by atoms with Gasteiger partial charge in [-0.25, -0.2) is 0 Å². The number of alkyl halides is 1. The highest BCUT2D eigenvalue weighted by Gasteiger charge is 1.81. The van der Waals surface area contributed by atoms with Gasteiger partial charge in [0, 0.05) is 5.33 Å². The van der Waals surface area contributed by atoms with Gasteiger partial charge >= 0.3 is 0 Å². The van der Waals surface area contributed by atoms with E-state index in [9.17, 15) is 0 Å². The smallest absolute Gasteiger partial charge is 0.0279 e. The Morgan fingerprint density at radius 3 is 1.90 bits per heavy atom. The first-order chi connectivity index (χ1) is 4.85. The Bertz CT molecular complexity index is 98.5. The largest absolute Gasteiger partial charge is 0.0876 e. The van der Waals surface area contributed by atoms with Crippen LogP contribution in [-0.4, -0.2) is 5.33 Å². The van der Waals surface area contributed by atoms with Crippen LogP contribution in [0.4, 0.5) is 0 Å². The molecule has 1 heteroatoms. The molecule has 0 saturated carbocycles. The second kappa shape index (κ2) is 11.7. The van der Waals surface area contributed by atoms with Crippen molar-refractivity contribution in [3.63, 3.8) is 0 Å². The summed E-state index contributed by atoms with van der Waals surface area (Å²) in [6.45, 7) is 8.06. The summed E-state index contributed by atoms with van der Waals surface area (Å²) in [5, 5.41) is 0.952. The first kappa shape index (κ1) is 12.6. The van der Waals surface area contributed by atoms with Crippen LogP contribution < -0.4 is 0 Å². The summed E-state index contributed by atoms with van der Waals surface area (Å²) in [6, 6.07) is 0. The predicted molar refractivity (Wildman–Crippen MR) is 53.7 cm³/mol. The van der Waals surface area contributed by atoms with Gasteiger partial charge in [-0.3, -0.25) is 0 Å². The topological polar surface area (TPSA) is 0 Å². The van der Waals surface area contributed by atoms with Gasteiger partial charge in [0.2, 0.25) is 0 Å². The van der Waals surface area contributed by atoms with E-state index >= 15 is 0 Å². The highest BCUT2D eigenvalue weighted by Crippen LogP contribution is 1.99. The van der Waals surface area contributed by atoms with Gasteiger partial charge in [0.15, 0.2) is 0 Å². The number of hydrogen-bond acceptors (Lipinski definition) is 0. The SMILES string of the molecule is C/C=C\C(=C/C)CBr.CC. The van der Waals surface area contributed by atoms with Gasteiger partial charge in [0.25, 0.3) is 0 Å². The van der Waals surface area contributed by atoms with Crippen molar-refractivity contribution in [2.75, 3.05) is 5.33 Å². The highest BCUT2D eigenvalue weighted by atomic mass is 79.9. The number of halogens is 1. The van der Waals surface area contributed by atoms with E-state index < -0.39 is 0 Å². The molecule has 0 bridgehead atoms. The van der Waals surface area contributed by atoms with Crippen LogP contribution in [0.2, 0.25) is 0 Å². The minimum Gasteiger partial charge on any atom is -0.0876 e. The van der Waals surface area contributed by atoms with E-state index in [2.05, 4.69) is 28.1 Å². The van der Waals surface area contributed by atoms with Crippen molar-refractivity contribution in [1.82, 2.24) is 0 Å². The maximum atomic E-state index is 3.36. The Hall–Kier alpha value is -0.0400. The van der Waals surface area contributed by atoms with Crippen LogP contribution in [0.1, 0.15) is 27.7 Å². The van der Waals surface area contributed by atoms with Gasteiger partial charge in [-0.1, -0.05) is 48.0 Å². The summed E-state index contributed by atoms with van der Waals surface area (Å²) in [7, 11) is 0. The molecule has 0 rings (SSSR count). The first-order valence-corrected chi connectivity index (χ1v) is 4.81. The molecule has 0 nitrogen and oxygen atoms in total. The molecule has 60 valence electrons. The predicted octanol–water partition coefficient (Wildman–Crippen LogP) is 3.93. The second-order valence-corrected chi connectivity index (χ2v) is 2.06. The molecular formula is C9H17Br. The molecule has 0 spiro atoms. The standard InChI is InChI=1S/C7H11Br.C2H6/c1-3-5-7(4-2)6-8;1-2/h3-5H,6H2,1-2H3;1-2H3/b5-3-,7-4+;. The van der Waals surface area contributed by atoms with Gasteiger partial charge in [-0.2, -0.15) is 0 Å². The lowest BCUT2D eigenvalue weighted by atomic mass is 10.3. The lowest BCUT2D eigenvalue weighted by Gasteiger charge is -1.88. The quantitative estimate of drug-likeness (QED) is 0.473. The Morgan fingerprint density at radius 2 is 1.80 bits per heavy atom. The molecule has 0 aromatic heterocycles. The number of rotatable bonds is 2. The molecule has 0 atom stereocenters. The van der Waals surface area contributed by atoms with E-state index in [0.717, 1.165) is 5.33 Å². The Kier molecular flexibility index (Phi) is 14.8. The third-order valence-electron chi connectivity index (χ3n) is 0.906. The zero-order chi connectivity index (χ0) is 8.41. The van der Waals surface area contributed by atoms with Crippen LogP contribution in [0.3, 0.4) is 0 Å². The van der Waals surface area contributed by atoms with E-state index in [1.54, 1.807) is 0 Å². The fraction of sp³-hybridized carbons (Fsp3) is 0.556. The number of hydrogen-bond donors (Lipinski definition) is 0. The van der Waals surface area contributed by atoms with E-state index in [-0.39, 0.29) is 0 Å². The van der Waals surface area contributed by atoms with Crippen molar-refractivity contribution in [2.24, 2.45) is 0 Å². The van der Waals surface area contributed by atoms with Gasteiger partial charge < -0.3 is 0 Å². The van der Waals surface area contributed by atoms with Crippen LogP contribution in [0.15, 0.2) is 23.8 Å². The molecule has 0 aliphatic carbocycles. The Balaban J connectivity index is 0. The number of allylic oxidation sites excluding steroid dienone is 4. The van der Waals surface area contributed by atoms with Crippen LogP contribution in [0.5, 0.6) is 0 Å². The molecule has 0 radical (unpaired) electrons. The lowest BCUT2D eigenvalue weighted by Crippen LogP contribution is -1.74. The van der Waals surface area contributed by atoms with E-state index in [1.165, 1.54) is 5.57 Å². The fourth-order valence-corrected chi connectivity index (χ4v) is 0.943. The van der Waals surface area contributed by atoms with Crippen molar-refractivity contribution in [3.05, 3.63) is 23.8 Å². The summed E-state index contributed by atoms with van der Waals surface area (Å²) in [4.78, 5) is 0. The summed E-state index contributed by atoms with van der Waals surface area (Å²) >= 11 is 3.36. The molecule has 0 saturated heterocycles. The molecule has 0 unspecified atom stereocenters. The average molecular weight is 205 g/mol. The van der Waals surface area contributed by atoms with Crippen LogP contribution in [0, 0.1) is 0 Å². The highest BCUT2D eigenvalue weighted by molar-refractivity contribution is 9.09. The minimum absolute atomic E-state index is 0.952. The van der Waals surface area contributed by atoms with Gasteiger partial charge in [-0.05, 0) is 19.4 Å². The van der Waals surface area contributed by atoms with Crippen LogP contribution in [-0.2, 0) is 0 Å². The van der Waals surface area contributed by atoms with Gasteiger partial charge in [-0.15, -0.1) is 0 Å². The lowest BCUT2D eigenvalue weighted by molar-refractivity contribution is 1.49. The van der Waals surface area contributed by atoms with Crippen LogP contribution in [0.25, 0.3) is 0 Å². The minimum atomic E-state index is 0.952. The van der Waals surface area contributed by atoms with Crippen molar-refractivity contribution >= 4 is 15.9 Å². The molecule has 0 aromatic rings. The molecule has 0 heterocycles. The third kappa shape index (κ3) is 7.96.